The van der Waals surface area contributed by atoms with E-state index in [0.29, 0.717) is 10.7 Å². The number of anilines is 2. The van der Waals surface area contributed by atoms with E-state index in [0.717, 1.165) is 18.5 Å². The van der Waals surface area contributed by atoms with Crippen LogP contribution >= 0.6 is 11.6 Å². The monoisotopic (exact) mass is 336 g/mol. The Hall–Kier alpha value is -2.52. The van der Waals surface area contributed by atoms with Crippen LogP contribution < -0.4 is 10.6 Å². The van der Waals surface area contributed by atoms with Crippen molar-refractivity contribution < 1.29 is 4.79 Å². The molecular formula is C20H17ClN2O. The minimum atomic E-state index is -0.0967. The predicted octanol–water partition coefficient (Wildman–Crippen LogP) is 4.64. The van der Waals surface area contributed by atoms with E-state index in [-0.39, 0.29) is 12.5 Å². The Morgan fingerprint density at radius 2 is 1.79 bits per heavy atom. The molecule has 4 heteroatoms. The lowest BCUT2D eigenvalue weighted by atomic mass is 10.0. The quantitative estimate of drug-likeness (QED) is 0.728. The zero-order valence-corrected chi connectivity index (χ0v) is 13.9. The van der Waals surface area contributed by atoms with E-state index in [1.807, 2.05) is 12.1 Å². The summed E-state index contributed by atoms with van der Waals surface area (Å²) in [7, 11) is 0. The SMILES string of the molecule is O=C(CNc1ccc2c3c(cccc13)CC2)Nc1cccc(Cl)c1. The van der Waals surface area contributed by atoms with Crippen molar-refractivity contribution >= 4 is 39.7 Å². The van der Waals surface area contributed by atoms with E-state index < -0.39 is 0 Å². The number of benzene rings is 3. The van der Waals surface area contributed by atoms with Crippen LogP contribution in [0.4, 0.5) is 11.4 Å². The molecular weight excluding hydrogens is 320 g/mol. The molecule has 3 aromatic rings. The van der Waals surface area contributed by atoms with Gasteiger partial charge in [-0.05, 0) is 53.6 Å². The minimum absolute atomic E-state index is 0.0967. The summed E-state index contributed by atoms with van der Waals surface area (Å²) < 4.78 is 0. The maximum Gasteiger partial charge on any atom is 0.243 e. The fourth-order valence-corrected chi connectivity index (χ4v) is 3.54. The van der Waals surface area contributed by atoms with Gasteiger partial charge in [-0.25, -0.2) is 0 Å². The predicted molar refractivity (Wildman–Crippen MR) is 99.9 cm³/mol. The summed E-state index contributed by atoms with van der Waals surface area (Å²) in [6.45, 7) is 0.213. The van der Waals surface area contributed by atoms with Gasteiger partial charge in [0.25, 0.3) is 0 Å². The van der Waals surface area contributed by atoms with Crippen molar-refractivity contribution in [2.24, 2.45) is 0 Å². The molecule has 0 aliphatic heterocycles. The molecule has 1 aliphatic carbocycles. The van der Waals surface area contributed by atoms with Gasteiger partial charge in [0.15, 0.2) is 0 Å². The van der Waals surface area contributed by atoms with Gasteiger partial charge >= 0.3 is 0 Å². The first kappa shape index (κ1) is 15.0. The number of amides is 1. The summed E-state index contributed by atoms with van der Waals surface area (Å²) >= 11 is 5.94. The maximum absolute atomic E-state index is 12.2. The third-order valence-corrected chi connectivity index (χ3v) is 4.66. The topological polar surface area (TPSA) is 41.1 Å². The highest BCUT2D eigenvalue weighted by molar-refractivity contribution is 6.30. The van der Waals surface area contributed by atoms with Gasteiger partial charge in [-0.3, -0.25) is 4.79 Å². The number of aryl methyl sites for hydroxylation is 2. The number of hydrogen-bond donors (Lipinski definition) is 2. The molecule has 3 aromatic carbocycles. The molecule has 0 heterocycles. The number of hydrogen-bond acceptors (Lipinski definition) is 2. The van der Waals surface area contributed by atoms with Crippen LogP contribution in [0, 0.1) is 0 Å². The molecule has 24 heavy (non-hydrogen) atoms. The third kappa shape index (κ3) is 2.83. The molecule has 2 N–H and O–H groups in total. The first-order valence-corrected chi connectivity index (χ1v) is 8.41. The molecule has 0 unspecified atom stereocenters. The fourth-order valence-electron chi connectivity index (χ4n) is 3.35. The van der Waals surface area contributed by atoms with Crippen molar-refractivity contribution in [1.82, 2.24) is 0 Å². The molecule has 0 aromatic heterocycles. The van der Waals surface area contributed by atoms with Crippen LogP contribution in [0.25, 0.3) is 10.8 Å². The van der Waals surface area contributed by atoms with Crippen molar-refractivity contribution in [3.8, 4) is 0 Å². The second-order valence-corrected chi connectivity index (χ2v) is 6.46. The van der Waals surface area contributed by atoms with E-state index in [1.165, 1.54) is 21.9 Å². The molecule has 120 valence electrons. The molecule has 0 radical (unpaired) electrons. The van der Waals surface area contributed by atoms with Crippen molar-refractivity contribution in [3.63, 3.8) is 0 Å². The van der Waals surface area contributed by atoms with Gasteiger partial charge in [-0.2, -0.15) is 0 Å². The van der Waals surface area contributed by atoms with Crippen LogP contribution in [0.15, 0.2) is 54.6 Å². The van der Waals surface area contributed by atoms with Crippen LogP contribution in [0.1, 0.15) is 11.1 Å². The standard InChI is InChI=1S/C20H17ClN2O/c21-15-4-2-5-16(11-15)23-19(24)12-22-18-10-9-14-8-7-13-3-1-6-17(18)20(13)14/h1-6,9-11,22H,7-8,12H2,(H,23,24). The highest BCUT2D eigenvalue weighted by Gasteiger charge is 2.15. The molecule has 0 bridgehead atoms. The Labute approximate surface area is 145 Å². The number of carbonyl (C=O) groups excluding carboxylic acids is 1. The number of halogens is 1. The van der Waals surface area contributed by atoms with Gasteiger partial charge < -0.3 is 10.6 Å². The van der Waals surface area contributed by atoms with Gasteiger partial charge in [0.1, 0.15) is 0 Å². The summed E-state index contributed by atoms with van der Waals surface area (Å²) in [5, 5.41) is 9.25. The zero-order valence-electron chi connectivity index (χ0n) is 13.1. The smallest absolute Gasteiger partial charge is 0.243 e. The van der Waals surface area contributed by atoms with E-state index in [1.54, 1.807) is 12.1 Å². The largest absolute Gasteiger partial charge is 0.376 e. The Morgan fingerprint density at radius 3 is 2.62 bits per heavy atom. The highest BCUT2D eigenvalue weighted by Crippen LogP contribution is 2.34. The maximum atomic E-state index is 12.2. The second-order valence-electron chi connectivity index (χ2n) is 6.02. The first-order valence-electron chi connectivity index (χ1n) is 8.03. The average Bonchev–Trinajstić information content (AvgIpc) is 2.99. The third-order valence-electron chi connectivity index (χ3n) is 4.42. The van der Waals surface area contributed by atoms with Gasteiger partial charge in [-0.1, -0.05) is 41.9 Å². The van der Waals surface area contributed by atoms with Gasteiger partial charge in [0, 0.05) is 21.8 Å². The van der Waals surface area contributed by atoms with E-state index in [9.17, 15) is 4.79 Å². The van der Waals surface area contributed by atoms with Crippen LogP contribution in [0.2, 0.25) is 5.02 Å². The zero-order chi connectivity index (χ0) is 16.5. The first-order chi connectivity index (χ1) is 11.7. The summed E-state index contributed by atoms with van der Waals surface area (Å²) in [4.78, 5) is 12.2. The van der Waals surface area contributed by atoms with Gasteiger partial charge in [-0.15, -0.1) is 0 Å². The molecule has 0 spiro atoms. The molecule has 0 saturated heterocycles. The van der Waals surface area contributed by atoms with Gasteiger partial charge in [0.2, 0.25) is 5.91 Å². The van der Waals surface area contributed by atoms with Crippen molar-refractivity contribution in [2.45, 2.75) is 12.8 Å². The summed E-state index contributed by atoms with van der Waals surface area (Å²) in [5.41, 5.74) is 4.50. The molecule has 0 fully saturated rings. The van der Waals surface area contributed by atoms with Crippen LogP contribution in [0.3, 0.4) is 0 Å². The van der Waals surface area contributed by atoms with E-state index in [4.69, 9.17) is 11.6 Å². The Balaban J connectivity index is 1.50. The number of rotatable bonds is 4. The highest BCUT2D eigenvalue weighted by atomic mass is 35.5. The molecule has 4 rings (SSSR count). The Bertz CT molecular complexity index is 926. The lowest BCUT2D eigenvalue weighted by molar-refractivity contribution is -0.114. The fraction of sp³-hybridized carbons (Fsp3) is 0.150. The van der Waals surface area contributed by atoms with Gasteiger partial charge in [0.05, 0.1) is 6.54 Å². The normalized spacial score (nSPS) is 12.4. The van der Waals surface area contributed by atoms with E-state index >= 15 is 0 Å². The van der Waals surface area contributed by atoms with Crippen molar-refractivity contribution in [1.29, 1.82) is 0 Å². The number of nitrogens with one attached hydrogen (secondary N) is 2. The lowest BCUT2D eigenvalue weighted by Gasteiger charge is -2.12. The number of carbonyl (C=O) groups is 1. The van der Waals surface area contributed by atoms with E-state index in [2.05, 4.69) is 41.0 Å². The van der Waals surface area contributed by atoms with Crippen LogP contribution in [-0.2, 0) is 17.6 Å². The Morgan fingerprint density at radius 1 is 1.00 bits per heavy atom. The summed E-state index contributed by atoms with van der Waals surface area (Å²) in [6.07, 6.45) is 2.21. The lowest BCUT2D eigenvalue weighted by Crippen LogP contribution is -2.21. The molecule has 0 saturated carbocycles. The van der Waals surface area contributed by atoms with Crippen LogP contribution in [-0.4, -0.2) is 12.5 Å². The molecule has 1 aliphatic rings. The van der Waals surface area contributed by atoms with Crippen molar-refractivity contribution in [2.75, 3.05) is 17.2 Å². The second kappa shape index (κ2) is 6.17. The van der Waals surface area contributed by atoms with Crippen molar-refractivity contribution in [3.05, 3.63) is 70.7 Å². The summed E-state index contributed by atoms with van der Waals surface area (Å²) in [6, 6.07) is 17.8. The van der Waals surface area contributed by atoms with Crippen LogP contribution in [0.5, 0.6) is 0 Å². The minimum Gasteiger partial charge on any atom is -0.376 e. The molecule has 0 atom stereocenters. The average molecular weight is 337 g/mol. The molecule has 3 nitrogen and oxygen atoms in total. The molecule has 1 amide bonds. The Kier molecular flexibility index (Phi) is 3.87. The summed E-state index contributed by atoms with van der Waals surface area (Å²) in [5.74, 6) is -0.0967.